The zero-order valence-corrected chi connectivity index (χ0v) is 12.5. The van der Waals surface area contributed by atoms with Gasteiger partial charge < -0.3 is 10.4 Å². The lowest BCUT2D eigenvalue weighted by molar-refractivity contribution is 0.0942. The number of benzene rings is 1. The first kappa shape index (κ1) is 14.8. The maximum Gasteiger partial charge on any atom is 0.255 e. The van der Waals surface area contributed by atoms with Gasteiger partial charge in [0.25, 0.3) is 5.91 Å². The number of aliphatic hydroxyl groups is 1. The van der Waals surface area contributed by atoms with Crippen LogP contribution in [0.25, 0.3) is 11.3 Å². The van der Waals surface area contributed by atoms with Crippen molar-refractivity contribution in [3.8, 4) is 11.3 Å². The number of hydrogen-bond acceptors (Lipinski definition) is 3. The van der Waals surface area contributed by atoms with Gasteiger partial charge in [-0.25, -0.2) is 0 Å². The first-order chi connectivity index (χ1) is 10.7. The van der Waals surface area contributed by atoms with E-state index in [0.29, 0.717) is 22.7 Å². The van der Waals surface area contributed by atoms with Crippen LogP contribution in [0.3, 0.4) is 0 Å². The molecule has 1 aliphatic carbocycles. The Hall–Kier alpha value is -2.11. The van der Waals surface area contributed by atoms with Gasteiger partial charge in [0.2, 0.25) is 0 Å². The van der Waals surface area contributed by atoms with Crippen molar-refractivity contribution < 1.29 is 9.90 Å². The Morgan fingerprint density at radius 3 is 2.95 bits per heavy atom. The van der Waals surface area contributed by atoms with E-state index in [-0.39, 0.29) is 24.5 Å². The number of carbonyl (C=O) groups is 1. The first-order valence-corrected chi connectivity index (χ1v) is 7.45. The zero-order valence-electron chi connectivity index (χ0n) is 11.8. The molecule has 0 saturated heterocycles. The average molecular weight is 318 g/mol. The molecule has 22 heavy (non-hydrogen) atoms. The van der Waals surface area contributed by atoms with Crippen LogP contribution in [-0.2, 0) is 0 Å². The third-order valence-corrected chi connectivity index (χ3v) is 4.08. The number of carbonyl (C=O) groups excluding carboxylic acids is 1. The topological polar surface area (TPSA) is 78.0 Å². The summed E-state index contributed by atoms with van der Waals surface area (Å²) in [6.07, 6.45) is 6.04. The Balaban J connectivity index is 1.79. The molecule has 0 aliphatic heterocycles. The summed E-state index contributed by atoms with van der Waals surface area (Å²) >= 11 is 6.18. The zero-order chi connectivity index (χ0) is 15.5. The fourth-order valence-corrected chi connectivity index (χ4v) is 2.82. The predicted molar refractivity (Wildman–Crippen MR) is 84.6 cm³/mol. The highest BCUT2D eigenvalue weighted by Crippen LogP contribution is 2.28. The van der Waals surface area contributed by atoms with E-state index in [4.69, 9.17) is 16.7 Å². The number of H-pyrrole nitrogens is 1. The number of aromatic amines is 1. The number of aliphatic hydroxyl groups excluding tert-OH is 1. The monoisotopic (exact) mass is 317 g/mol. The molecule has 1 amide bonds. The quantitative estimate of drug-likeness (QED) is 0.758. The van der Waals surface area contributed by atoms with E-state index >= 15 is 0 Å². The van der Waals surface area contributed by atoms with Gasteiger partial charge in [-0.15, -0.1) is 0 Å². The molecule has 0 fully saturated rings. The minimum absolute atomic E-state index is 0.0707. The minimum atomic E-state index is -0.211. The molecule has 3 N–H and O–H groups in total. The number of halogens is 1. The summed E-state index contributed by atoms with van der Waals surface area (Å²) in [5.74, 6) is -0.102. The lowest BCUT2D eigenvalue weighted by Crippen LogP contribution is -2.33. The van der Waals surface area contributed by atoms with Crippen molar-refractivity contribution in [1.82, 2.24) is 15.5 Å². The van der Waals surface area contributed by atoms with E-state index in [9.17, 15) is 4.79 Å². The molecule has 6 heteroatoms. The van der Waals surface area contributed by atoms with Crippen molar-refractivity contribution in [2.45, 2.75) is 12.5 Å². The highest BCUT2D eigenvalue weighted by atomic mass is 35.5. The van der Waals surface area contributed by atoms with Crippen molar-refractivity contribution in [1.29, 1.82) is 0 Å². The van der Waals surface area contributed by atoms with Crippen molar-refractivity contribution in [2.75, 3.05) is 6.61 Å². The summed E-state index contributed by atoms with van der Waals surface area (Å²) < 4.78 is 0. The fourth-order valence-electron chi connectivity index (χ4n) is 2.59. The van der Waals surface area contributed by atoms with Crippen LogP contribution in [0.2, 0.25) is 5.02 Å². The maximum absolute atomic E-state index is 12.5. The molecule has 1 aromatic carbocycles. The minimum Gasteiger partial charge on any atom is -0.396 e. The van der Waals surface area contributed by atoms with E-state index in [0.717, 1.165) is 5.56 Å². The summed E-state index contributed by atoms with van der Waals surface area (Å²) in [7, 11) is 0. The molecule has 0 saturated carbocycles. The van der Waals surface area contributed by atoms with E-state index < -0.39 is 0 Å². The van der Waals surface area contributed by atoms with E-state index in [1.54, 1.807) is 6.07 Å². The number of nitrogens with one attached hydrogen (secondary N) is 2. The van der Waals surface area contributed by atoms with Gasteiger partial charge in [-0.1, -0.05) is 42.0 Å². The molecule has 3 rings (SSSR count). The molecular weight excluding hydrogens is 302 g/mol. The van der Waals surface area contributed by atoms with E-state index in [1.807, 2.05) is 30.4 Å². The molecule has 1 aliphatic rings. The van der Waals surface area contributed by atoms with Crippen LogP contribution in [0.4, 0.5) is 0 Å². The molecule has 1 heterocycles. The lowest BCUT2D eigenvalue weighted by atomic mass is 10.1. The van der Waals surface area contributed by atoms with Crippen LogP contribution in [0, 0.1) is 5.92 Å². The SMILES string of the molecule is O=C(N[C@@H]1C=C[C@H](CO)C1)c1cn[nH]c1-c1ccccc1Cl. The second-order valence-corrected chi connectivity index (χ2v) is 5.69. The molecule has 0 radical (unpaired) electrons. The molecule has 5 nitrogen and oxygen atoms in total. The van der Waals surface area contributed by atoms with E-state index in [2.05, 4.69) is 15.5 Å². The van der Waals surface area contributed by atoms with Gasteiger partial charge in [0.05, 0.1) is 17.5 Å². The smallest absolute Gasteiger partial charge is 0.255 e. The normalized spacial score (nSPS) is 20.3. The molecular formula is C16H16ClN3O2. The molecule has 1 aromatic heterocycles. The van der Waals surface area contributed by atoms with Gasteiger partial charge in [0, 0.05) is 29.2 Å². The van der Waals surface area contributed by atoms with Gasteiger partial charge in [0.15, 0.2) is 0 Å². The fraction of sp³-hybridized carbons (Fsp3) is 0.250. The number of hydrogen-bond donors (Lipinski definition) is 3. The third-order valence-electron chi connectivity index (χ3n) is 3.75. The summed E-state index contributed by atoms with van der Waals surface area (Å²) in [6.45, 7) is 0.0967. The Morgan fingerprint density at radius 2 is 2.23 bits per heavy atom. The van der Waals surface area contributed by atoms with Crippen LogP contribution in [-0.4, -0.2) is 33.9 Å². The van der Waals surface area contributed by atoms with Gasteiger partial charge in [0.1, 0.15) is 0 Å². The highest BCUT2D eigenvalue weighted by Gasteiger charge is 2.23. The average Bonchev–Trinajstić information content (AvgIpc) is 3.16. The Morgan fingerprint density at radius 1 is 1.41 bits per heavy atom. The number of rotatable bonds is 4. The van der Waals surface area contributed by atoms with Gasteiger partial charge in [-0.05, 0) is 12.5 Å². The Bertz CT molecular complexity index is 711. The molecule has 0 unspecified atom stereocenters. The van der Waals surface area contributed by atoms with Gasteiger partial charge in [-0.3, -0.25) is 9.89 Å². The van der Waals surface area contributed by atoms with Gasteiger partial charge in [-0.2, -0.15) is 5.10 Å². The third kappa shape index (κ3) is 2.91. The van der Waals surface area contributed by atoms with Gasteiger partial charge >= 0.3 is 0 Å². The summed E-state index contributed by atoms with van der Waals surface area (Å²) in [4.78, 5) is 12.5. The number of aromatic nitrogens is 2. The van der Waals surface area contributed by atoms with Crippen LogP contribution >= 0.6 is 11.6 Å². The molecule has 2 atom stereocenters. The molecule has 114 valence electrons. The lowest BCUT2D eigenvalue weighted by Gasteiger charge is -2.13. The second kappa shape index (κ2) is 6.34. The standard InChI is InChI=1S/C16H16ClN3O2/c17-14-4-2-1-3-12(14)15-13(8-18-20-15)16(22)19-11-6-5-10(7-11)9-21/h1-6,8,10-11,21H,7,9H2,(H,18,20)(H,19,22)/t10-,11+/m0/s1. The van der Waals surface area contributed by atoms with Crippen LogP contribution < -0.4 is 5.32 Å². The van der Waals surface area contributed by atoms with Crippen molar-refractivity contribution >= 4 is 17.5 Å². The summed E-state index contributed by atoms with van der Waals surface area (Å²) in [5.41, 5.74) is 1.79. The van der Waals surface area contributed by atoms with E-state index in [1.165, 1.54) is 6.20 Å². The Labute approximate surface area is 133 Å². The number of amides is 1. The molecule has 2 aromatic rings. The highest BCUT2D eigenvalue weighted by molar-refractivity contribution is 6.33. The second-order valence-electron chi connectivity index (χ2n) is 5.28. The summed E-state index contributed by atoms with van der Waals surface area (Å²) in [5, 5.41) is 19.4. The van der Waals surface area contributed by atoms with Crippen molar-refractivity contribution in [3.05, 3.63) is 53.2 Å². The largest absolute Gasteiger partial charge is 0.396 e. The van der Waals surface area contributed by atoms with Crippen molar-refractivity contribution in [3.63, 3.8) is 0 Å². The maximum atomic E-state index is 12.5. The van der Waals surface area contributed by atoms with Crippen LogP contribution in [0.5, 0.6) is 0 Å². The first-order valence-electron chi connectivity index (χ1n) is 7.07. The molecule has 0 bridgehead atoms. The van der Waals surface area contributed by atoms with Crippen LogP contribution in [0.15, 0.2) is 42.6 Å². The number of nitrogens with zero attached hydrogens (tertiary/aromatic N) is 1. The Kier molecular flexibility index (Phi) is 4.27. The van der Waals surface area contributed by atoms with Crippen molar-refractivity contribution in [2.24, 2.45) is 5.92 Å². The predicted octanol–water partition coefficient (Wildman–Crippen LogP) is 2.40. The molecule has 0 spiro atoms. The summed E-state index contributed by atoms with van der Waals surface area (Å²) in [6, 6.07) is 7.23. The van der Waals surface area contributed by atoms with Crippen LogP contribution in [0.1, 0.15) is 16.8 Å².